The molecule has 1 unspecified atom stereocenters. The molecular weight excluding hydrogens is 396 g/mol. The normalized spacial score (nSPS) is 36.9. The van der Waals surface area contributed by atoms with Crippen LogP contribution in [-0.2, 0) is 4.79 Å². The number of amidine groups is 1. The molecular formula is C27H32N4O. The van der Waals surface area contributed by atoms with E-state index in [1.807, 2.05) is 25.1 Å². The second-order valence-corrected chi connectivity index (χ2v) is 10.5. The molecule has 166 valence electrons. The minimum atomic E-state index is 0.0879. The third kappa shape index (κ3) is 3.03. The summed E-state index contributed by atoms with van der Waals surface area (Å²) in [5.74, 6) is 4.78. The van der Waals surface area contributed by atoms with Gasteiger partial charge in [-0.15, -0.1) is 0 Å². The molecule has 0 bridgehead atoms. The number of carbonyl (C=O) groups excluding carboxylic acids is 1. The van der Waals surface area contributed by atoms with Gasteiger partial charge in [-0.05, 0) is 86.8 Å². The predicted octanol–water partition coefficient (Wildman–Crippen LogP) is 4.54. The third-order valence-electron chi connectivity index (χ3n) is 9.30. The summed E-state index contributed by atoms with van der Waals surface area (Å²) in [4.78, 5) is 20.6. The van der Waals surface area contributed by atoms with Gasteiger partial charge >= 0.3 is 0 Å². The Morgan fingerprint density at radius 1 is 1.09 bits per heavy atom. The summed E-state index contributed by atoms with van der Waals surface area (Å²) in [5, 5.41) is 12.7. The van der Waals surface area contributed by atoms with E-state index in [-0.39, 0.29) is 11.8 Å². The summed E-state index contributed by atoms with van der Waals surface area (Å²) in [7, 11) is 0. The summed E-state index contributed by atoms with van der Waals surface area (Å²) in [6.07, 6.45) is 11.9. The maximum Gasteiger partial charge on any atom is 0.227 e. The molecule has 3 fully saturated rings. The van der Waals surface area contributed by atoms with Crippen molar-refractivity contribution < 1.29 is 4.79 Å². The molecule has 5 nitrogen and oxygen atoms in total. The van der Waals surface area contributed by atoms with Gasteiger partial charge in [-0.1, -0.05) is 18.2 Å². The average Bonchev–Trinajstić information content (AvgIpc) is 3.46. The Morgan fingerprint density at radius 3 is 2.75 bits per heavy atom. The number of nitriles is 1. The van der Waals surface area contributed by atoms with Crippen LogP contribution in [0.2, 0.25) is 0 Å². The average molecular weight is 429 g/mol. The molecule has 7 atom stereocenters. The van der Waals surface area contributed by atoms with Gasteiger partial charge < -0.3 is 10.2 Å². The molecule has 0 radical (unpaired) electrons. The van der Waals surface area contributed by atoms with Gasteiger partial charge in [0.2, 0.25) is 5.91 Å². The van der Waals surface area contributed by atoms with E-state index in [9.17, 15) is 10.1 Å². The fraction of sp³-hybridized carbons (Fsp3) is 0.593. The molecule has 5 heteroatoms. The van der Waals surface area contributed by atoms with Crippen molar-refractivity contribution in [2.24, 2.45) is 40.5 Å². The lowest BCUT2D eigenvalue weighted by Gasteiger charge is -2.53. The topological polar surface area (TPSA) is 68.5 Å². The minimum Gasteiger partial charge on any atom is -0.351 e. The lowest BCUT2D eigenvalue weighted by Crippen LogP contribution is -2.53. The van der Waals surface area contributed by atoms with E-state index in [0.29, 0.717) is 35.0 Å². The van der Waals surface area contributed by atoms with Crippen molar-refractivity contribution in [3.05, 3.63) is 41.5 Å². The third-order valence-corrected chi connectivity index (χ3v) is 9.30. The molecule has 1 aromatic rings. The van der Waals surface area contributed by atoms with E-state index in [1.54, 1.807) is 0 Å². The van der Waals surface area contributed by atoms with Crippen LogP contribution < -0.4 is 5.32 Å². The molecule has 1 amide bonds. The highest BCUT2D eigenvalue weighted by atomic mass is 16.1. The predicted molar refractivity (Wildman–Crippen MR) is 125 cm³/mol. The second-order valence-electron chi connectivity index (χ2n) is 10.5. The van der Waals surface area contributed by atoms with Gasteiger partial charge in [0, 0.05) is 24.4 Å². The zero-order valence-electron chi connectivity index (χ0n) is 18.8. The monoisotopic (exact) mass is 428 g/mol. The number of nitrogens with zero attached hydrogens (tertiary/aromatic N) is 3. The lowest BCUT2D eigenvalue weighted by molar-refractivity contribution is -0.122. The highest BCUT2D eigenvalue weighted by Crippen LogP contribution is 2.57. The Morgan fingerprint density at radius 2 is 1.88 bits per heavy atom. The second kappa shape index (κ2) is 7.76. The van der Waals surface area contributed by atoms with Crippen molar-refractivity contribution in [3.63, 3.8) is 0 Å². The van der Waals surface area contributed by atoms with Crippen LogP contribution in [0.1, 0.15) is 49.7 Å². The molecule has 1 N–H and O–H groups in total. The van der Waals surface area contributed by atoms with E-state index in [4.69, 9.17) is 0 Å². The Hall–Kier alpha value is -2.61. The van der Waals surface area contributed by atoms with Gasteiger partial charge in [-0.2, -0.15) is 5.26 Å². The Balaban J connectivity index is 1.18. The summed E-state index contributed by atoms with van der Waals surface area (Å²) in [6, 6.07) is 8.61. The number of amides is 1. The van der Waals surface area contributed by atoms with Crippen molar-refractivity contribution in [2.75, 3.05) is 18.4 Å². The molecule has 0 spiro atoms. The Bertz CT molecular complexity index is 1040. The first-order chi connectivity index (χ1) is 15.7. The number of aliphatic imine (C=N–C) groups is 1. The summed E-state index contributed by atoms with van der Waals surface area (Å²) >= 11 is 0. The Kier molecular flexibility index (Phi) is 4.86. The van der Waals surface area contributed by atoms with E-state index in [2.05, 4.69) is 33.4 Å². The quantitative estimate of drug-likeness (QED) is 0.752. The van der Waals surface area contributed by atoms with Crippen LogP contribution >= 0.6 is 0 Å². The van der Waals surface area contributed by atoms with Crippen LogP contribution in [0.4, 0.5) is 5.69 Å². The van der Waals surface area contributed by atoms with Crippen molar-refractivity contribution in [3.8, 4) is 6.07 Å². The molecule has 2 aliphatic heterocycles. The van der Waals surface area contributed by atoms with Crippen LogP contribution in [0.15, 0.2) is 35.3 Å². The first-order valence-corrected chi connectivity index (χ1v) is 12.5. The van der Waals surface area contributed by atoms with E-state index >= 15 is 0 Å². The standard InChI is InChI=1S/C27H32N4O/c1-16-3-2-4-24(23(16)15-28)30-27(32)22-8-7-17-18-9-11-25-21(19(18)5-6-20(17)22)10-12-26-29-13-14-31(25)26/h2-4,10,12,17-22,25H,5-9,11,13-14H2,1H3,(H,30,32)/t17-,18-,19-,20-,21+,22+,25?/m0/s1. The number of nitrogens with one attached hydrogen (secondary N) is 1. The van der Waals surface area contributed by atoms with Crippen LogP contribution in [-0.4, -0.2) is 35.8 Å². The van der Waals surface area contributed by atoms with Gasteiger partial charge in [0.15, 0.2) is 0 Å². The molecule has 5 aliphatic rings. The number of fused-ring (bicyclic) bond motifs is 7. The SMILES string of the molecule is Cc1cccc(NC(=O)[C@@H]2CC[C@H]3[C@@H]4CCC5[C@H](C=CC6=NCCN65)[C@H]4CC[C@@H]32)c1C#N. The van der Waals surface area contributed by atoms with E-state index in [0.717, 1.165) is 36.9 Å². The smallest absolute Gasteiger partial charge is 0.227 e. The number of anilines is 1. The summed E-state index contributed by atoms with van der Waals surface area (Å²) in [6.45, 7) is 3.97. The van der Waals surface area contributed by atoms with Crippen LogP contribution in [0.25, 0.3) is 0 Å². The molecule has 0 saturated heterocycles. The number of rotatable bonds is 2. The number of aryl methyl sites for hydroxylation is 1. The van der Waals surface area contributed by atoms with Crippen molar-refractivity contribution in [1.29, 1.82) is 5.26 Å². The molecule has 3 saturated carbocycles. The molecule has 1 aromatic carbocycles. The highest BCUT2D eigenvalue weighted by molar-refractivity contribution is 5.95. The van der Waals surface area contributed by atoms with E-state index < -0.39 is 0 Å². The van der Waals surface area contributed by atoms with Crippen LogP contribution in [0.3, 0.4) is 0 Å². The van der Waals surface area contributed by atoms with Gasteiger partial charge in [-0.25, -0.2) is 0 Å². The zero-order chi connectivity index (χ0) is 21.8. The first-order valence-electron chi connectivity index (χ1n) is 12.5. The van der Waals surface area contributed by atoms with Gasteiger partial charge in [0.05, 0.1) is 17.8 Å². The maximum atomic E-state index is 13.3. The number of hydrogen-bond donors (Lipinski definition) is 1. The Labute approximate surface area is 190 Å². The fourth-order valence-electron chi connectivity index (χ4n) is 7.97. The van der Waals surface area contributed by atoms with Crippen molar-refractivity contribution in [2.45, 2.75) is 51.5 Å². The van der Waals surface area contributed by atoms with Crippen LogP contribution in [0, 0.1) is 53.8 Å². The summed E-state index contributed by atoms with van der Waals surface area (Å²) < 4.78 is 0. The molecule has 32 heavy (non-hydrogen) atoms. The van der Waals surface area contributed by atoms with E-state index in [1.165, 1.54) is 37.9 Å². The van der Waals surface area contributed by atoms with Gasteiger partial charge in [0.1, 0.15) is 11.9 Å². The largest absolute Gasteiger partial charge is 0.351 e. The van der Waals surface area contributed by atoms with Gasteiger partial charge in [-0.3, -0.25) is 9.79 Å². The summed E-state index contributed by atoms with van der Waals surface area (Å²) in [5.41, 5.74) is 2.18. The molecule has 3 aliphatic carbocycles. The fourth-order valence-corrected chi connectivity index (χ4v) is 7.97. The molecule has 6 rings (SSSR count). The van der Waals surface area contributed by atoms with Gasteiger partial charge in [0.25, 0.3) is 0 Å². The number of carbonyl (C=O) groups is 1. The zero-order valence-corrected chi connectivity index (χ0v) is 18.8. The van der Waals surface area contributed by atoms with Crippen LogP contribution in [0.5, 0.6) is 0 Å². The van der Waals surface area contributed by atoms with Crippen molar-refractivity contribution in [1.82, 2.24) is 4.90 Å². The number of hydrogen-bond acceptors (Lipinski definition) is 4. The minimum absolute atomic E-state index is 0.0879. The molecule has 0 aromatic heterocycles. The van der Waals surface area contributed by atoms with Crippen molar-refractivity contribution >= 4 is 17.4 Å². The first kappa shape index (κ1) is 20.0. The maximum absolute atomic E-state index is 13.3. The highest BCUT2D eigenvalue weighted by Gasteiger charge is 2.53. The lowest BCUT2D eigenvalue weighted by atomic mass is 9.56. The number of benzene rings is 1. The molecule has 2 heterocycles.